The van der Waals surface area contributed by atoms with Crippen LogP contribution >= 0.6 is 11.8 Å². The van der Waals surface area contributed by atoms with Gasteiger partial charge in [0, 0.05) is 17.0 Å². The number of nitrogens with zero attached hydrogens (tertiary/aromatic N) is 1. The molecule has 1 aromatic rings. The lowest BCUT2D eigenvalue weighted by atomic mass is 9.69. The Morgan fingerprint density at radius 2 is 2.19 bits per heavy atom. The number of fused-ring (bicyclic) bond motifs is 1. The molecule has 0 aromatic heterocycles. The number of carbonyl (C=O) groups excluding carboxylic acids is 1. The molecule has 2 aliphatic rings. The summed E-state index contributed by atoms with van der Waals surface area (Å²) in [5.41, 5.74) is 5.92. The van der Waals surface area contributed by atoms with Crippen LogP contribution < -0.4 is 5.73 Å². The Hall–Kier alpha value is -1.56. The number of thioether (sulfide) groups is 1. The lowest BCUT2D eigenvalue weighted by molar-refractivity contribution is -0.153. The lowest BCUT2D eigenvalue weighted by Gasteiger charge is -2.45. The first-order chi connectivity index (χ1) is 12.2. The summed E-state index contributed by atoms with van der Waals surface area (Å²) in [6.07, 6.45) is 4.08. The van der Waals surface area contributed by atoms with Gasteiger partial charge in [-0.2, -0.15) is 0 Å². The van der Waals surface area contributed by atoms with E-state index < -0.39 is 11.1 Å². The van der Waals surface area contributed by atoms with E-state index in [9.17, 15) is 9.18 Å². The summed E-state index contributed by atoms with van der Waals surface area (Å²) in [6, 6.07) is 4.73. The molecule has 3 rings (SSSR count). The van der Waals surface area contributed by atoms with Crippen molar-refractivity contribution in [2.75, 3.05) is 11.5 Å². The summed E-state index contributed by atoms with van der Waals surface area (Å²) in [7, 11) is 0. The van der Waals surface area contributed by atoms with E-state index in [-0.39, 0.29) is 24.1 Å². The molecule has 0 spiro atoms. The Kier molecular flexibility index (Phi) is 5.33. The highest BCUT2D eigenvalue weighted by molar-refractivity contribution is 8.14. The van der Waals surface area contributed by atoms with Crippen LogP contribution in [0.5, 0.6) is 0 Å². The van der Waals surface area contributed by atoms with Crippen LogP contribution in [-0.2, 0) is 15.1 Å². The first-order valence-electron chi connectivity index (χ1n) is 9.18. The zero-order chi connectivity index (χ0) is 18.9. The number of rotatable bonds is 3. The molecule has 0 radical (unpaired) electrons. The molecule has 4 nitrogen and oxygen atoms in total. The maximum Gasteiger partial charge on any atom is 0.312 e. The van der Waals surface area contributed by atoms with Crippen LogP contribution in [0.15, 0.2) is 23.2 Å². The molecule has 1 aliphatic heterocycles. The standard InChI is InChI=1S/C20H27FN2O2S/c1-19(2,3)25-18(24)11-17-23-20(9-5-4-6-13(20)12-26-17)15-10-14(22)7-8-16(15)21/h7-8,10,13H,4-6,9,11-12,22H2,1-3H3/t13-,20?/m0/s1. The molecule has 1 aromatic carbocycles. The predicted octanol–water partition coefficient (Wildman–Crippen LogP) is 4.67. The largest absolute Gasteiger partial charge is 0.460 e. The number of carbonyl (C=O) groups is 1. The predicted molar refractivity (Wildman–Crippen MR) is 105 cm³/mol. The maximum atomic E-state index is 14.7. The summed E-state index contributed by atoms with van der Waals surface area (Å²) in [5, 5.41) is 0.735. The Bertz CT molecular complexity index is 729. The molecular formula is C20H27FN2O2S. The Labute approximate surface area is 158 Å². The van der Waals surface area contributed by atoms with Gasteiger partial charge < -0.3 is 10.5 Å². The number of benzene rings is 1. The molecule has 1 aliphatic carbocycles. The third kappa shape index (κ3) is 4.05. The monoisotopic (exact) mass is 378 g/mol. The minimum absolute atomic E-state index is 0.139. The molecule has 6 heteroatoms. The third-order valence-corrected chi connectivity index (χ3v) is 6.12. The molecule has 2 N–H and O–H groups in total. The smallest absolute Gasteiger partial charge is 0.312 e. The highest BCUT2D eigenvalue weighted by atomic mass is 32.2. The van der Waals surface area contributed by atoms with E-state index >= 15 is 0 Å². The van der Waals surface area contributed by atoms with Crippen molar-refractivity contribution in [3.63, 3.8) is 0 Å². The quantitative estimate of drug-likeness (QED) is 0.613. The van der Waals surface area contributed by atoms with Gasteiger partial charge in [0.1, 0.15) is 11.4 Å². The first kappa shape index (κ1) is 19.2. The number of halogens is 1. The average Bonchev–Trinajstić information content (AvgIpc) is 2.55. The van der Waals surface area contributed by atoms with Gasteiger partial charge in [-0.15, -0.1) is 11.8 Å². The third-order valence-electron chi connectivity index (χ3n) is 4.98. The molecule has 1 saturated carbocycles. The van der Waals surface area contributed by atoms with Crippen LogP contribution in [0.25, 0.3) is 0 Å². The van der Waals surface area contributed by atoms with E-state index in [4.69, 9.17) is 15.5 Å². The van der Waals surface area contributed by atoms with Crippen molar-refractivity contribution < 1.29 is 13.9 Å². The minimum atomic E-state index is -0.611. The Morgan fingerprint density at radius 1 is 1.42 bits per heavy atom. The van der Waals surface area contributed by atoms with E-state index in [2.05, 4.69) is 0 Å². The number of nitrogens with two attached hydrogens (primary N) is 1. The second-order valence-electron chi connectivity index (χ2n) is 8.19. The molecule has 1 heterocycles. The van der Waals surface area contributed by atoms with E-state index in [1.807, 2.05) is 20.8 Å². The van der Waals surface area contributed by atoms with Crippen LogP contribution in [0.4, 0.5) is 10.1 Å². The second kappa shape index (κ2) is 7.22. The van der Waals surface area contributed by atoms with Crippen molar-refractivity contribution in [1.29, 1.82) is 0 Å². The van der Waals surface area contributed by atoms with Gasteiger partial charge in [-0.05, 0) is 57.7 Å². The number of ether oxygens (including phenoxy) is 1. The number of esters is 1. The summed E-state index contributed by atoms with van der Waals surface area (Å²) in [4.78, 5) is 17.2. The van der Waals surface area contributed by atoms with E-state index in [1.54, 1.807) is 23.9 Å². The fraction of sp³-hybridized carbons (Fsp3) is 0.600. The number of hydrogen-bond donors (Lipinski definition) is 1. The number of nitrogen functional groups attached to an aromatic ring is 1. The molecule has 1 unspecified atom stereocenters. The fourth-order valence-corrected chi connectivity index (χ4v) is 5.21. The van der Waals surface area contributed by atoms with Crippen LogP contribution in [-0.4, -0.2) is 22.4 Å². The SMILES string of the molecule is CC(C)(C)OC(=O)CC1=NC2(c3cc(N)ccc3F)CCCC[C@H]2CS1. The van der Waals surface area contributed by atoms with Gasteiger partial charge >= 0.3 is 5.97 Å². The van der Waals surface area contributed by atoms with Gasteiger partial charge in [0.15, 0.2) is 0 Å². The Morgan fingerprint density at radius 3 is 2.92 bits per heavy atom. The van der Waals surface area contributed by atoms with Crippen LogP contribution in [0, 0.1) is 11.7 Å². The molecule has 26 heavy (non-hydrogen) atoms. The summed E-state index contributed by atoms with van der Waals surface area (Å²) < 4.78 is 20.1. The highest BCUT2D eigenvalue weighted by Crippen LogP contribution is 2.50. The van der Waals surface area contributed by atoms with Gasteiger partial charge in [-0.25, -0.2) is 4.39 Å². The first-order valence-corrected chi connectivity index (χ1v) is 10.2. The van der Waals surface area contributed by atoms with Crippen molar-refractivity contribution in [1.82, 2.24) is 0 Å². The van der Waals surface area contributed by atoms with Gasteiger partial charge in [0.25, 0.3) is 0 Å². The molecule has 1 fully saturated rings. The Balaban J connectivity index is 1.95. The zero-order valence-electron chi connectivity index (χ0n) is 15.7. The molecule has 0 saturated heterocycles. The summed E-state index contributed by atoms with van der Waals surface area (Å²) >= 11 is 1.60. The van der Waals surface area contributed by atoms with Crippen LogP contribution in [0.1, 0.15) is 58.4 Å². The van der Waals surface area contributed by atoms with Crippen molar-refractivity contribution in [2.24, 2.45) is 10.9 Å². The summed E-state index contributed by atoms with van der Waals surface area (Å²) in [6.45, 7) is 5.55. The van der Waals surface area contributed by atoms with Crippen LogP contribution in [0.2, 0.25) is 0 Å². The molecule has 142 valence electrons. The van der Waals surface area contributed by atoms with Gasteiger partial charge in [0.2, 0.25) is 0 Å². The second-order valence-corrected chi connectivity index (χ2v) is 9.28. The number of hydrogen-bond acceptors (Lipinski definition) is 5. The van der Waals surface area contributed by atoms with Crippen molar-refractivity contribution in [2.45, 2.75) is 64.0 Å². The molecular weight excluding hydrogens is 351 g/mol. The molecule has 0 bridgehead atoms. The number of anilines is 1. The van der Waals surface area contributed by atoms with Gasteiger partial charge in [-0.3, -0.25) is 9.79 Å². The minimum Gasteiger partial charge on any atom is -0.460 e. The molecule has 2 atom stereocenters. The van der Waals surface area contributed by atoms with E-state index in [0.717, 1.165) is 36.5 Å². The lowest BCUT2D eigenvalue weighted by Crippen LogP contribution is -2.42. The van der Waals surface area contributed by atoms with E-state index in [0.29, 0.717) is 11.3 Å². The van der Waals surface area contributed by atoms with Crippen LogP contribution in [0.3, 0.4) is 0 Å². The van der Waals surface area contributed by atoms with Crippen molar-refractivity contribution >= 4 is 28.5 Å². The fourth-order valence-electron chi connectivity index (χ4n) is 3.93. The van der Waals surface area contributed by atoms with Gasteiger partial charge in [0.05, 0.1) is 17.0 Å². The molecule has 0 amide bonds. The van der Waals surface area contributed by atoms with Gasteiger partial charge in [-0.1, -0.05) is 12.8 Å². The topological polar surface area (TPSA) is 64.7 Å². The number of aliphatic imine (C=N–C) groups is 1. The highest BCUT2D eigenvalue weighted by Gasteiger charge is 2.46. The van der Waals surface area contributed by atoms with Crippen molar-refractivity contribution in [3.8, 4) is 0 Å². The zero-order valence-corrected chi connectivity index (χ0v) is 16.5. The summed E-state index contributed by atoms with van der Waals surface area (Å²) in [5.74, 6) is 0.551. The van der Waals surface area contributed by atoms with Crippen molar-refractivity contribution in [3.05, 3.63) is 29.6 Å². The normalized spacial score (nSPS) is 26.0. The maximum absolute atomic E-state index is 14.7. The average molecular weight is 379 g/mol. The van der Waals surface area contributed by atoms with E-state index in [1.165, 1.54) is 6.07 Å².